The molecule has 0 aromatic carbocycles. The van der Waals surface area contributed by atoms with Crippen molar-refractivity contribution in [2.24, 2.45) is 10.9 Å². The van der Waals surface area contributed by atoms with E-state index in [0.717, 1.165) is 30.0 Å². The second-order valence-corrected chi connectivity index (χ2v) is 7.07. The number of aliphatic imine (C=N–C) groups is 1. The summed E-state index contributed by atoms with van der Waals surface area (Å²) >= 11 is 1.76. The number of guanidine groups is 1. The number of hydrogen-bond acceptors (Lipinski definition) is 5. The van der Waals surface area contributed by atoms with Gasteiger partial charge in [0.05, 0.1) is 23.6 Å². The van der Waals surface area contributed by atoms with Crippen molar-refractivity contribution in [3.8, 4) is 0 Å². The van der Waals surface area contributed by atoms with E-state index in [4.69, 9.17) is 4.99 Å². The summed E-state index contributed by atoms with van der Waals surface area (Å²) in [6, 6.07) is 0.926. The van der Waals surface area contributed by atoms with Crippen molar-refractivity contribution >= 4 is 41.3 Å². The van der Waals surface area contributed by atoms with Gasteiger partial charge in [-0.3, -0.25) is 4.99 Å². The number of halogens is 1. The number of nitrogens with zero attached hydrogens (tertiary/aromatic N) is 3. The lowest BCUT2D eigenvalue weighted by Gasteiger charge is -2.36. The number of hydrogen-bond donors (Lipinski definition) is 1. The third-order valence-electron chi connectivity index (χ3n) is 4.08. The van der Waals surface area contributed by atoms with E-state index in [-0.39, 0.29) is 24.0 Å². The van der Waals surface area contributed by atoms with Crippen LogP contribution in [0.3, 0.4) is 0 Å². The van der Waals surface area contributed by atoms with Gasteiger partial charge in [-0.15, -0.1) is 35.3 Å². The average molecular weight is 406 g/mol. The molecule has 2 aliphatic rings. The zero-order chi connectivity index (χ0) is 13.4. The molecule has 3 heterocycles. The summed E-state index contributed by atoms with van der Waals surface area (Å²) in [5.74, 6) is 1.87. The van der Waals surface area contributed by atoms with Gasteiger partial charge < -0.3 is 10.2 Å². The molecule has 0 bridgehead atoms. The third kappa shape index (κ3) is 3.27. The van der Waals surface area contributed by atoms with Gasteiger partial charge in [0.15, 0.2) is 5.96 Å². The van der Waals surface area contributed by atoms with Crippen LogP contribution in [0, 0.1) is 12.8 Å². The monoisotopic (exact) mass is 406 g/mol. The summed E-state index contributed by atoms with van der Waals surface area (Å²) in [6.07, 6.45) is 4.60. The van der Waals surface area contributed by atoms with E-state index in [1.807, 2.05) is 6.20 Å². The van der Waals surface area contributed by atoms with Gasteiger partial charge in [-0.1, -0.05) is 6.92 Å². The standard InChI is InChI=1S/C14H22N4S.HI/c1-9-4-5-12-6-16-14(18(12)8-9)17-10(2)13-7-15-11(3)19-13;/h7,9-10,12H,4-6,8H2,1-3H3,(H,16,17);1H. The molecule has 1 saturated heterocycles. The minimum Gasteiger partial charge on any atom is -0.349 e. The molecule has 1 aromatic rings. The molecule has 112 valence electrons. The molecule has 0 spiro atoms. The van der Waals surface area contributed by atoms with Gasteiger partial charge in [0.1, 0.15) is 0 Å². The zero-order valence-electron chi connectivity index (χ0n) is 12.3. The molecule has 0 radical (unpaired) electrons. The van der Waals surface area contributed by atoms with Crippen LogP contribution in [-0.4, -0.2) is 35.0 Å². The molecule has 1 aromatic heterocycles. The highest BCUT2D eigenvalue weighted by Gasteiger charge is 2.33. The van der Waals surface area contributed by atoms with Crippen LogP contribution in [-0.2, 0) is 0 Å². The lowest BCUT2D eigenvalue weighted by molar-refractivity contribution is 0.210. The van der Waals surface area contributed by atoms with Crippen molar-refractivity contribution in [3.05, 3.63) is 16.1 Å². The van der Waals surface area contributed by atoms with E-state index in [2.05, 4.69) is 36.0 Å². The Balaban J connectivity index is 0.00000147. The Labute approximate surface area is 142 Å². The molecule has 3 rings (SSSR count). The Morgan fingerprint density at radius 2 is 2.25 bits per heavy atom. The van der Waals surface area contributed by atoms with E-state index >= 15 is 0 Å². The third-order valence-corrected chi connectivity index (χ3v) is 5.17. The number of rotatable bonds is 2. The summed E-state index contributed by atoms with van der Waals surface area (Å²) in [6.45, 7) is 8.68. The van der Waals surface area contributed by atoms with Gasteiger partial charge >= 0.3 is 0 Å². The second kappa shape index (κ2) is 6.60. The molecule has 3 unspecified atom stereocenters. The fourth-order valence-electron chi connectivity index (χ4n) is 2.91. The Bertz CT molecular complexity index is 487. The molecule has 1 fully saturated rings. The van der Waals surface area contributed by atoms with Crippen LogP contribution in [0.2, 0.25) is 0 Å². The van der Waals surface area contributed by atoms with Crippen molar-refractivity contribution < 1.29 is 0 Å². The molecule has 1 N–H and O–H groups in total. The fraction of sp³-hybridized carbons (Fsp3) is 0.714. The maximum Gasteiger partial charge on any atom is 0.194 e. The van der Waals surface area contributed by atoms with Crippen molar-refractivity contribution in [3.63, 3.8) is 0 Å². The summed E-state index contributed by atoms with van der Waals surface area (Å²) in [7, 11) is 0. The number of nitrogens with one attached hydrogen (secondary N) is 1. The van der Waals surface area contributed by atoms with Crippen LogP contribution in [0.5, 0.6) is 0 Å². The molecular weight excluding hydrogens is 383 g/mol. The van der Waals surface area contributed by atoms with Crippen molar-refractivity contribution in [1.82, 2.24) is 15.2 Å². The molecule has 2 aliphatic heterocycles. The zero-order valence-corrected chi connectivity index (χ0v) is 15.4. The van der Waals surface area contributed by atoms with E-state index in [9.17, 15) is 0 Å². The van der Waals surface area contributed by atoms with Gasteiger partial charge in [0.2, 0.25) is 0 Å². The number of fused-ring (bicyclic) bond motifs is 1. The summed E-state index contributed by atoms with van der Waals surface area (Å²) in [5, 5.41) is 4.70. The van der Waals surface area contributed by atoms with E-state index < -0.39 is 0 Å². The molecule has 4 nitrogen and oxygen atoms in total. The van der Waals surface area contributed by atoms with Crippen LogP contribution >= 0.6 is 35.3 Å². The second-order valence-electron chi connectivity index (χ2n) is 5.80. The molecule has 0 saturated carbocycles. The quantitative estimate of drug-likeness (QED) is 0.767. The van der Waals surface area contributed by atoms with Gasteiger partial charge in [0, 0.05) is 17.6 Å². The average Bonchev–Trinajstić information content (AvgIpc) is 2.97. The first-order chi connectivity index (χ1) is 9.13. The SMILES string of the molecule is Cc1ncc(C(C)NC2=NCC3CCC(C)CN23)s1.I. The van der Waals surface area contributed by atoms with Gasteiger partial charge in [-0.2, -0.15) is 0 Å². The predicted molar refractivity (Wildman–Crippen MR) is 95.0 cm³/mol. The number of thiazole rings is 1. The smallest absolute Gasteiger partial charge is 0.194 e. The summed E-state index contributed by atoms with van der Waals surface area (Å²) in [5.41, 5.74) is 0. The molecule has 20 heavy (non-hydrogen) atoms. The van der Waals surface area contributed by atoms with Crippen molar-refractivity contribution in [1.29, 1.82) is 0 Å². The molecule has 3 atom stereocenters. The van der Waals surface area contributed by atoms with Crippen LogP contribution in [0.4, 0.5) is 0 Å². The first-order valence-corrected chi connectivity index (χ1v) is 7.95. The van der Waals surface area contributed by atoms with Crippen LogP contribution < -0.4 is 5.32 Å². The fourth-order valence-corrected chi connectivity index (χ4v) is 3.70. The Kier molecular flexibility index (Phi) is 5.28. The minimum absolute atomic E-state index is 0. The van der Waals surface area contributed by atoms with Gasteiger partial charge in [-0.25, -0.2) is 4.98 Å². The van der Waals surface area contributed by atoms with Crippen LogP contribution in [0.1, 0.15) is 42.6 Å². The van der Waals surface area contributed by atoms with E-state index in [0.29, 0.717) is 12.1 Å². The van der Waals surface area contributed by atoms with E-state index in [1.54, 1.807) is 11.3 Å². The Hall–Kier alpha value is -0.370. The lowest BCUT2D eigenvalue weighted by Crippen LogP contribution is -2.48. The summed E-state index contributed by atoms with van der Waals surface area (Å²) in [4.78, 5) is 12.8. The lowest BCUT2D eigenvalue weighted by atomic mass is 9.95. The highest BCUT2D eigenvalue weighted by molar-refractivity contribution is 14.0. The first-order valence-electron chi connectivity index (χ1n) is 7.13. The minimum atomic E-state index is 0. The van der Waals surface area contributed by atoms with Crippen LogP contribution in [0.25, 0.3) is 0 Å². The normalized spacial score (nSPS) is 26.6. The molecule has 6 heteroatoms. The maximum atomic E-state index is 4.70. The topological polar surface area (TPSA) is 40.5 Å². The molecular formula is C14H23IN4S. The Morgan fingerprint density at radius 3 is 2.95 bits per heavy atom. The van der Waals surface area contributed by atoms with Gasteiger partial charge in [-0.05, 0) is 32.6 Å². The predicted octanol–water partition coefficient (Wildman–Crippen LogP) is 3.19. The van der Waals surface area contributed by atoms with E-state index in [1.165, 1.54) is 17.7 Å². The molecule has 0 amide bonds. The van der Waals surface area contributed by atoms with Gasteiger partial charge in [0.25, 0.3) is 0 Å². The van der Waals surface area contributed by atoms with Crippen molar-refractivity contribution in [2.75, 3.05) is 13.1 Å². The highest BCUT2D eigenvalue weighted by Crippen LogP contribution is 2.27. The first kappa shape index (κ1) is 16.0. The maximum absolute atomic E-state index is 4.70. The molecule has 0 aliphatic carbocycles. The van der Waals surface area contributed by atoms with Crippen molar-refractivity contribution in [2.45, 2.75) is 45.7 Å². The summed E-state index contributed by atoms with van der Waals surface area (Å²) < 4.78 is 0. The highest BCUT2D eigenvalue weighted by atomic mass is 127. The number of piperidine rings is 1. The Morgan fingerprint density at radius 1 is 1.45 bits per heavy atom. The number of aryl methyl sites for hydroxylation is 1. The number of aromatic nitrogens is 1. The van der Waals surface area contributed by atoms with Crippen LogP contribution in [0.15, 0.2) is 11.2 Å². The largest absolute Gasteiger partial charge is 0.349 e.